The first kappa shape index (κ1) is 24.2. The van der Waals surface area contributed by atoms with Gasteiger partial charge in [0.2, 0.25) is 0 Å². The van der Waals surface area contributed by atoms with Gasteiger partial charge in [0.25, 0.3) is 6.43 Å². The highest BCUT2D eigenvalue weighted by Crippen LogP contribution is 2.40. The first-order chi connectivity index (χ1) is 16.1. The summed E-state index contributed by atoms with van der Waals surface area (Å²) in [4.78, 5) is 20.2. The molecule has 2 atom stereocenters. The minimum absolute atomic E-state index is 0.0288. The number of nitrogens with two attached hydrogens (primary N) is 1. The second-order valence-electron chi connectivity index (χ2n) is 8.67. The van der Waals surface area contributed by atoms with Crippen LogP contribution < -0.4 is 21.3 Å². The summed E-state index contributed by atoms with van der Waals surface area (Å²) in [6.07, 6.45) is -2.64. The largest absolute Gasteiger partial charge is 0.338 e. The maximum absolute atomic E-state index is 14.1. The Morgan fingerprint density at radius 2 is 1.97 bits per heavy atom. The van der Waals surface area contributed by atoms with Crippen LogP contribution in [0.3, 0.4) is 0 Å². The molecular formula is C23H26ClF3N6O. The molecule has 1 saturated heterocycles. The van der Waals surface area contributed by atoms with Gasteiger partial charge < -0.3 is 26.2 Å². The number of carbonyl (C=O) groups excluding carboxylic acids is 1. The molecule has 0 aromatic heterocycles. The number of halogens is 4. The van der Waals surface area contributed by atoms with Crippen LogP contribution in [0.15, 0.2) is 41.4 Å². The van der Waals surface area contributed by atoms with E-state index >= 15 is 0 Å². The number of aliphatic imine (C=N–C) groups is 1. The number of hydrogen-bond donors (Lipinski definition) is 3. The number of urea groups is 1. The van der Waals surface area contributed by atoms with Crippen LogP contribution in [-0.2, 0) is 0 Å². The van der Waals surface area contributed by atoms with E-state index in [1.807, 2.05) is 13.8 Å². The van der Waals surface area contributed by atoms with E-state index in [1.165, 1.54) is 23.1 Å². The number of anilines is 3. The number of likely N-dealkylation sites (tertiary alicyclic amines) is 1. The fraction of sp³-hybridized carbons (Fsp3) is 0.391. The molecule has 34 heavy (non-hydrogen) atoms. The van der Waals surface area contributed by atoms with E-state index in [1.54, 1.807) is 23.1 Å². The SMILES string of the molecule is CC(C)NC(=O)N1CC(N)[C@H](N=C2Nc3cc(F)ccc3N(CC(F)F)c3ccc(Cl)cc32)C1. The zero-order valence-corrected chi connectivity index (χ0v) is 19.5. The fourth-order valence-electron chi connectivity index (χ4n) is 4.16. The van der Waals surface area contributed by atoms with Crippen LogP contribution in [0.4, 0.5) is 35.0 Å². The van der Waals surface area contributed by atoms with E-state index in [0.717, 1.165) is 0 Å². The number of hydrogen-bond acceptors (Lipinski definition) is 4. The molecular weight excluding hydrogens is 469 g/mol. The Bertz CT molecular complexity index is 1110. The summed E-state index contributed by atoms with van der Waals surface area (Å²) < 4.78 is 41.2. The molecule has 11 heteroatoms. The molecule has 0 aliphatic carbocycles. The average molecular weight is 495 g/mol. The molecule has 2 aliphatic rings. The van der Waals surface area contributed by atoms with E-state index in [9.17, 15) is 18.0 Å². The monoisotopic (exact) mass is 494 g/mol. The number of carbonyl (C=O) groups is 1. The molecule has 7 nitrogen and oxygen atoms in total. The van der Waals surface area contributed by atoms with Gasteiger partial charge in [-0.2, -0.15) is 0 Å². The predicted molar refractivity (Wildman–Crippen MR) is 128 cm³/mol. The van der Waals surface area contributed by atoms with Crippen LogP contribution >= 0.6 is 11.6 Å². The molecule has 2 aromatic carbocycles. The van der Waals surface area contributed by atoms with Crippen molar-refractivity contribution in [3.05, 3.63) is 52.8 Å². The Morgan fingerprint density at radius 3 is 2.68 bits per heavy atom. The van der Waals surface area contributed by atoms with Crippen molar-refractivity contribution < 1.29 is 18.0 Å². The highest BCUT2D eigenvalue weighted by Gasteiger charge is 2.34. The summed E-state index contributed by atoms with van der Waals surface area (Å²) >= 11 is 6.25. The molecule has 2 heterocycles. The second-order valence-corrected chi connectivity index (χ2v) is 9.10. The molecule has 0 radical (unpaired) electrons. The Hall–Kier alpha value is -2.98. The number of alkyl halides is 2. The van der Waals surface area contributed by atoms with E-state index in [2.05, 4.69) is 10.6 Å². The van der Waals surface area contributed by atoms with Gasteiger partial charge in [0.1, 0.15) is 11.7 Å². The Morgan fingerprint density at radius 1 is 1.24 bits per heavy atom. The smallest absolute Gasteiger partial charge is 0.317 e. The van der Waals surface area contributed by atoms with Crippen molar-refractivity contribution >= 4 is 40.5 Å². The summed E-state index contributed by atoms with van der Waals surface area (Å²) in [6, 6.07) is 7.57. The van der Waals surface area contributed by atoms with Crippen LogP contribution in [0.1, 0.15) is 19.4 Å². The third-order valence-electron chi connectivity index (χ3n) is 5.65. The number of benzene rings is 2. The lowest BCUT2D eigenvalue weighted by Gasteiger charge is -2.25. The highest BCUT2D eigenvalue weighted by atomic mass is 35.5. The number of nitrogens with zero attached hydrogens (tertiary/aromatic N) is 3. The van der Waals surface area contributed by atoms with Gasteiger partial charge in [0.05, 0.1) is 29.6 Å². The van der Waals surface area contributed by atoms with Gasteiger partial charge in [-0.25, -0.2) is 18.0 Å². The van der Waals surface area contributed by atoms with Gasteiger partial charge >= 0.3 is 6.03 Å². The Kier molecular flexibility index (Phi) is 6.90. The van der Waals surface area contributed by atoms with Crippen LogP contribution in [0, 0.1) is 5.82 Å². The van der Waals surface area contributed by atoms with Gasteiger partial charge in [-0.15, -0.1) is 0 Å². The van der Waals surface area contributed by atoms with Crippen molar-refractivity contribution in [1.29, 1.82) is 0 Å². The molecule has 1 unspecified atom stereocenters. The van der Waals surface area contributed by atoms with E-state index in [0.29, 0.717) is 34.3 Å². The molecule has 2 aliphatic heterocycles. The van der Waals surface area contributed by atoms with Gasteiger partial charge in [0, 0.05) is 35.8 Å². The molecule has 4 N–H and O–H groups in total. The highest BCUT2D eigenvalue weighted by molar-refractivity contribution is 6.31. The maximum atomic E-state index is 14.1. The second kappa shape index (κ2) is 9.71. The predicted octanol–water partition coefficient (Wildman–Crippen LogP) is 4.18. The third-order valence-corrected chi connectivity index (χ3v) is 5.89. The lowest BCUT2D eigenvalue weighted by molar-refractivity contribution is 0.158. The summed E-state index contributed by atoms with van der Waals surface area (Å²) in [5.74, 6) is -0.214. The number of amidine groups is 1. The van der Waals surface area contributed by atoms with Gasteiger partial charge in [-0.05, 0) is 50.2 Å². The third kappa shape index (κ3) is 5.07. The number of nitrogens with one attached hydrogen (secondary N) is 2. The maximum Gasteiger partial charge on any atom is 0.317 e. The van der Waals surface area contributed by atoms with E-state index in [4.69, 9.17) is 22.3 Å². The molecule has 4 rings (SSSR count). The minimum Gasteiger partial charge on any atom is -0.338 e. The fourth-order valence-corrected chi connectivity index (χ4v) is 4.33. The molecule has 0 saturated carbocycles. The molecule has 2 aromatic rings. The summed E-state index contributed by atoms with van der Waals surface area (Å²) in [5.41, 5.74) is 7.89. The normalized spacial score (nSPS) is 20.9. The lowest BCUT2D eigenvalue weighted by atomic mass is 10.1. The van der Waals surface area contributed by atoms with Crippen molar-refractivity contribution in [3.8, 4) is 0 Å². The van der Waals surface area contributed by atoms with Crippen molar-refractivity contribution in [3.63, 3.8) is 0 Å². The van der Waals surface area contributed by atoms with Crippen LogP contribution in [0.5, 0.6) is 0 Å². The minimum atomic E-state index is -2.64. The first-order valence-corrected chi connectivity index (χ1v) is 11.3. The van der Waals surface area contributed by atoms with E-state index in [-0.39, 0.29) is 24.3 Å². The van der Waals surface area contributed by atoms with Crippen molar-refractivity contribution in [2.45, 2.75) is 38.4 Å². The number of fused-ring (bicyclic) bond motifs is 2. The van der Waals surface area contributed by atoms with Crippen molar-refractivity contribution in [2.75, 3.05) is 29.9 Å². The van der Waals surface area contributed by atoms with E-state index < -0.39 is 30.9 Å². The quantitative estimate of drug-likeness (QED) is 0.595. The number of amides is 2. The topological polar surface area (TPSA) is 86.0 Å². The lowest BCUT2D eigenvalue weighted by Crippen LogP contribution is -2.42. The first-order valence-electron chi connectivity index (χ1n) is 10.9. The summed E-state index contributed by atoms with van der Waals surface area (Å²) in [5, 5.41) is 6.32. The van der Waals surface area contributed by atoms with Crippen LogP contribution in [0.25, 0.3) is 0 Å². The standard InChI is InChI=1S/C23H26ClF3N6O/c1-12(2)29-23(34)32-9-16(28)18(10-32)31-22-15-7-13(24)3-5-19(15)33(11-21(26)27)20-6-4-14(25)8-17(20)30-22/h3-8,12,16,18,21H,9-11,28H2,1-2H3,(H,29,34)(H,30,31)/t16?,18-/m1/s1. The van der Waals surface area contributed by atoms with Gasteiger partial charge in [-0.3, -0.25) is 4.99 Å². The van der Waals surface area contributed by atoms with Crippen LogP contribution in [0.2, 0.25) is 5.02 Å². The molecule has 0 spiro atoms. The van der Waals surface area contributed by atoms with Crippen LogP contribution in [-0.4, -0.2) is 61.0 Å². The summed E-state index contributed by atoms with van der Waals surface area (Å²) in [7, 11) is 0. The Balaban J connectivity index is 1.77. The van der Waals surface area contributed by atoms with Crippen molar-refractivity contribution in [2.24, 2.45) is 10.7 Å². The summed E-state index contributed by atoms with van der Waals surface area (Å²) in [6.45, 7) is 3.71. The average Bonchev–Trinajstić information content (AvgIpc) is 3.06. The van der Waals surface area contributed by atoms with Gasteiger partial charge in [-0.1, -0.05) is 11.6 Å². The van der Waals surface area contributed by atoms with Gasteiger partial charge in [0.15, 0.2) is 0 Å². The number of rotatable bonds is 4. The molecule has 1 fully saturated rings. The zero-order chi connectivity index (χ0) is 24.6. The Labute approximate surface area is 200 Å². The van der Waals surface area contributed by atoms with Crippen molar-refractivity contribution in [1.82, 2.24) is 10.2 Å². The molecule has 182 valence electrons. The molecule has 0 bridgehead atoms. The zero-order valence-electron chi connectivity index (χ0n) is 18.7. The molecule has 2 amide bonds.